The number of rotatable bonds is 4. The highest BCUT2D eigenvalue weighted by atomic mass is 32.1. The third-order valence-electron chi connectivity index (χ3n) is 3.25. The molecule has 1 aliphatic heterocycles. The molecule has 1 aliphatic rings. The Morgan fingerprint density at radius 1 is 1.53 bits per heavy atom. The number of nitrogens with zero attached hydrogens (tertiary/aromatic N) is 2. The zero-order chi connectivity index (χ0) is 12.3. The van der Waals surface area contributed by atoms with Crippen LogP contribution >= 0.6 is 12.2 Å². The van der Waals surface area contributed by atoms with Crippen LogP contribution in [-0.2, 0) is 11.3 Å². The van der Waals surface area contributed by atoms with E-state index in [1.165, 1.54) is 19.3 Å². The molecule has 5 heteroatoms. The van der Waals surface area contributed by atoms with Crippen molar-refractivity contribution in [3.63, 3.8) is 0 Å². The van der Waals surface area contributed by atoms with Crippen molar-refractivity contribution in [1.82, 2.24) is 14.8 Å². The van der Waals surface area contributed by atoms with Crippen LogP contribution in [0.4, 0.5) is 0 Å². The fraction of sp³-hybridized carbons (Fsp3) is 0.833. The van der Waals surface area contributed by atoms with Gasteiger partial charge in [-0.1, -0.05) is 13.8 Å². The van der Waals surface area contributed by atoms with Crippen LogP contribution in [0.15, 0.2) is 0 Å². The van der Waals surface area contributed by atoms with Gasteiger partial charge in [-0.25, -0.2) is 0 Å². The van der Waals surface area contributed by atoms with Gasteiger partial charge in [0.05, 0.1) is 6.10 Å². The molecule has 0 bridgehead atoms. The summed E-state index contributed by atoms with van der Waals surface area (Å²) in [6.07, 6.45) is 5.12. The van der Waals surface area contributed by atoms with Crippen molar-refractivity contribution < 1.29 is 4.74 Å². The zero-order valence-corrected chi connectivity index (χ0v) is 11.4. The molecule has 1 atom stereocenters. The van der Waals surface area contributed by atoms with E-state index in [9.17, 15) is 0 Å². The van der Waals surface area contributed by atoms with Gasteiger partial charge in [0.1, 0.15) is 5.82 Å². The van der Waals surface area contributed by atoms with Crippen molar-refractivity contribution in [2.24, 2.45) is 0 Å². The van der Waals surface area contributed by atoms with Crippen LogP contribution in [-0.4, -0.2) is 27.5 Å². The Hall–Kier alpha value is -0.680. The highest BCUT2D eigenvalue weighted by molar-refractivity contribution is 7.71. The van der Waals surface area contributed by atoms with Crippen molar-refractivity contribution in [3.05, 3.63) is 10.6 Å². The molecule has 1 fully saturated rings. The smallest absolute Gasteiger partial charge is 0.195 e. The SMILES string of the molecule is CC(C)c1n[nH]c(=S)n1CCC1CCCCO1. The maximum absolute atomic E-state index is 5.74. The second kappa shape index (κ2) is 5.78. The molecule has 0 spiro atoms. The maximum atomic E-state index is 5.74. The Bertz CT molecular complexity index is 404. The number of hydrogen-bond acceptors (Lipinski definition) is 3. The Morgan fingerprint density at radius 3 is 3.00 bits per heavy atom. The molecular weight excluding hydrogens is 234 g/mol. The van der Waals surface area contributed by atoms with Crippen molar-refractivity contribution in [1.29, 1.82) is 0 Å². The Labute approximate surface area is 107 Å². The predicted molar refractivity (Wildman–Crippen MR) is 69.7 cm³/mol. The average molecular weight is 255 g/mol. The van der Waals surface area contributed by atoms with Crippen molar-refractivity contribution >= 4 is 12.2 Å². The summed E-state index contributed by atoms with van der Waals surface area (Å²) in [5.74, 6) is 1.45. The summed E-state index contributed by atoms with van der Waals surface area (Å²) in [6.45, 7) is 6.10. The van der Waals surface area contributed by atoms with Crippen LogP contribution in [0.5, 0.6) is 0 Å². The number of ether oxygens (including phenoxy) is 1. The monoisotopic (exact) mass is 255 g/mol. The fourth-order valence-corrected chi connectivity index (χ4v) is 2.53. The van der Waals surface area contributed by atoms with Gasteiger partial charge in [0.25, 0.3) is 0 Å². The first-order valence-electron chi connectivity index (χ1n) is 6.45. The lowest BCUT2D eigenvalue weighted by atomic mass is 10.1. The minimum Gasteiger partial charge on any atom is -0.378 e. The molecule has 2 heterocycles. The van der Waals surface area contributed by atoms with E-state index in [1.807, 2.05) is 0 Å². The van der Waals surface area contributed by atoms with Crippen LogP contribution in [0.25, 0.3) is 0 Å². The molecule has 1 aromatic heterocycles. The summed E-state index contributed by atoms with van der Waals surface area (Å²) in [5.41, 5.74) is 0. The molecule has 0 saturated carbocycles. The van der Waals surface area contributed by atoms with Gasteiger partial charge in [-0.2, -0.15) is 5.10 Å². The Morgan fingerprint density at radius 2 is 2.35 bits per heavy atom. The maximum Gasteiger partial charge on any atom is 0.195 e. The Kier molecular flexibility index (Phi) is 4.34. The van der Waals surface area contributed by atoms with Gasteiger partial charge in [0.15, 0.2) is 4.77 Å². The van der Waals surface area contributed by atoms with Crippen LogP contribution in [0.2, 0.25) is 0 Å². The fourth-order valence-electron chi connectivity index (χ4n) is 2.29. The molecule has 4 nitrogen and oxygen atoms in total. The minimum atomic E-state index is 0.398. The molecule has 0 amide bonds. The first-order valence-corrected chi connectivity index (χ1v) is 6.86. The van der Waals surface area contributed by atoms with Crippen molar-refractivity contribution in [3.8, 4) is 0 Å². The van der Waals surface area contributed by atoms with E-state index >= 15 is 0 Å². The first-order chi connectivity index (χ1) is 8.18. The summed E-state index contributed by atoms with van der Waals surface area (Å²) < 4.78 is 8.57. The van der Waals surface area contributed by atoms with E-state index in [0.717, 1.165) is 30.2 Å². The number of hydrogen-bond donors (Lipinski definition) is 1. The molecule has 17 heavy (non-hydrogen) atoms. The Balaban J connectivity index is 1.98. The largest absolute Gasteiger partial charge is 0.378 e. The highest BCUT2D eigenvalue weighted by Crippen LogP contribution is 2.18. The third kappa shape index (κ3) is 3.16. The molecule has 0 radical (unpaired) electrons. The summed E-state index contributed by atoms with van der Waals surface area (Å²) in [4.78, 5) is 0. The van der Waals surface area contributed by atoms with Crippen LogP contribution in [0.3, 0.4) is 0 Å². The van der Waals surface area contributed by atoms with E-state index in [-0.39, 0.29) is 0 Å². The number of aromatic nitrogens is 3. The van der Waals surface area contributed by atoms with Gasteiger partial charge in [0, 0.05) is 19.1 Å². The van der Waals surface area contributed by atoms with Crippen LogP contribution in [0.1, 0.15) is 51.3 Å². The molecule has 1 unspecified atom stereocenters. The van der Waals surface area contributed by atoms with E-state index in [1.54, 1.807) is 0 Å². The summed E-state index contributed by atoms with van der Waals surface area (Å²) in [7, 11) is 0. The standard InChI is InChI=1S/C12H21N3OS/c1-9(2)11-13-14-12(17)15(11)7-6-10-5-3-4-8-16-10/h9-10H,3-8H2,1-2H3,(H,14,17). The van der Waals surface area contributed by atoms with Crippen LogP contribution in [0, 0.1) is 4.77 Å². The van der Waals surface area contributed by atoms with E-state index in [0.29, 0.717) is 12.0 Å². The van der Waals surface area contributed by atoms with E-state index < -0.39 is 0 Å². The summed E-state index contributed by atoms with van der Waals surface area (Å²) >= 11 is 5.26. The molecule has 1 N–H and O–H groups in total. The average Bonchev–Trinajstić information content (AvgIpc) is 2.69. The third-order valence-corrected chi connectivity index (χ3v) is 3.56. The normalized spacial score (nSPS) is 21.0. The van der Waals surface area contributed by atoms with Crippen molar-refractivity contribution in [2.45, 2.75) is 58.1 Å². The van der Waals surface area contributed by atoms with E-state index in [4.69, 9.17) is 17.0 Å². The summed E-state index contributed by atoms with van der Waals surface area (Å²) in [5, 5.41) is 7.17. The zero-order valence-electron chi connectivity index (χ0n) is 10.6. The van der Waals surface area contributed by atoms with Crippen LogP contribution < -0.4 is 0 Å². The predicted octanol–water partition coefficient (Wildman–Crippen LogP) is 3.02. The van der Waals surface area contributed by atoms with Gasteiger partial charge in [-0.3, -0.25) is 5.10 Å². The number of aromatic amines is 1. The lowest BCUT2D eigenvalue weighted by Crippen LogP contribution is -2.21. The molecular formula is C12H21N3OS. The molecule has 0 aliphatic carbocycles. The first kappa shape index (κ1) is 12.8. The molecule has 1 aromatic rings. The van der Waals surface area contributed by atoms with Gasteiger partial charge in [-0.15, -0.1) is 0 Å². The molecule has 0 aromatic carbocycles. The lowest BCUT2D eigenvalue weighted by molar-refractivity contribution is 0.00860. The lowest BCUT2D eigenvalue weighted by Gasteiger charge is -2.22. The number of nitrogens with one attached hydrogen (secondary N) is 1. The van der Waals surface area contributed by atoms with Gasteiger partial charge in [-0.05, 0) is 37.9 Å². The molecule has 96 valence electrons. The second-order valence-corrected chi connectivity index (χ2v) is 5.36. The van der Waals surface area contributed by atoms with Gasteiger partial charge >= 0.3 is 0 Å². The number of H-pyrrole nitrogens is 1. The molecule has 1 saturated heterocycles. The van der Waals surface area contributed by atoms with Crippen molar-refractivity contribution in [2.75, 3.05) is 6.61 Å². The van der Waals surface area contributed by atoms with Gasteiger partial charge < -0.3 is 9.30 Å². The second-order valence-electron chi connectivity index (χ2n) is 4.97. The summed E-state index contributed by atoms with van der Waals surface area (Å²) in [6, 6.07) is 0. The molecule has 2 rings (SSSR count). The quantitative estimate of drug-likeness (QED) is 0.841. The highest BCUT2D eigenvalue weighted by Gasteiger charge is 2.16. The topological polar surface area (TPSA) is 42.8 Å². The van der Waals surface area contributed by atoms with Gasteiger partial charge in [0.2, 0.25) is 0 Å². The van der Waals surface area contributed by atoms with E-state index in [2.05, 4.69) is 28.6 Å². The minimum absolute atomic E-state index is 0.398.